The van der Waals surface area contributed by atoms with Gasteiger partial charge in [-0.2, -0.15) is 0 Å². The standard InChI is InChI=1S/C16H12FNO/c1-11-9-18-10-13(8-15(18)16(11)19)6-5-12-3-2-4-14(17)7-12/h2-4,7-8,10-11H,9H2,1H3. The summed E-state index contributed by atoms with van der Waals surface area (Å²) in [5.74, 6) is 5.79. The number of hydrogen-bond acceptors (Lipinski definition) is 1. The van der Waals surface area contributed by atoms with E-state index >= 15 is 0 Å². The molecule has 0 bridgehead atoms. The fraction of sp³-hybridized carbons (Fsp3) is 0.188. The third kappa shape index (κ3) is 2.17. The molecule has 0 amide bonds. The van der Waals surface area contributed by atoms with Crippen molar-refractivity contribution in [1.29, 1.82) is 0 Å². The summed E-state index contributed by atoms with van der Waals surface area (Å²) in [5, 5.41) is 0. The Bertz CT molecular complexity index is 718. The number of halogens is 1. The highest BCUT2D eigenvalue weighted by atomic mass is 19.1. The van der Waals surface area contributed by atoms with E-state index < -0.39 is 0 Å². The first-order valence-electron chi connectivity index (χ1n) is 6.15. The molecule has 3 rings (SSSR count). The normalized spacial score (nSPS) is 16.9. The third-order valence-corrected chi connectivity index (χ3v) is 3.24. The summed E-state index contributed by atoms with van der Waals surface area (Å²) < 4.78 is 14.9. The van der Waals surface area contributed by atoms with Crippen LogP contribution in [0, 0.1) is 23.6 Å². The largest absolute Gasteiger partial charge is 0.343 e. The number of Topliss-reactive ketones (excluding diaryl/α,β-unsaturated/α-hetero) is 1. The number of rotatable bonds is 0. The molecule has 0 saturated carbocycles. The fourth-order valence-corrected chi connectivity index (χ4v) is 2.28. The Hall–Kier alpha value is -2.34. The molecule has 0 spiro atoms. The molecule has 1 unspecified atom stereocenters. The molecule has 0 fully saturated rings. The van der Waals surface area contributed by atoms with Crippen LogP contribution in [0.1, 0.15) is 28.5 Å². The summed E-state index contributed by atoms with van der Waals surface area (Å²) in [6.07, 6.45) is 1.88. The van der Waals surface area contributed by atoms with Crippen LogP contribution >= 0.6 is 0 Å². The lowest BCUT2D eigenvalue weighted by Crippen LogP contribution is -2.03. The number of benzene rings is 1. The highest BCUT2D eigenvalue weighted by molar-refractivity contribution is 5.98. The average Bonchev–Trinajstić information content (AvgIpc) is 2.88. The van der Waals surface area contributed by atoms with Gasteiger partial charge in [-0.05, 0) is 24.3 Å². The van der Waals surface area contributed by atoms with E-state index in [-0.39, 0.29) is 17.5 Å². The Labute approximate surface area is 110 Å². The molecule has 1 aromatic heterocycles. The van der Waals surface area contributed by atoms with Gasteiger partial charge in [0.2, 0.25) is 0 Å². The molecule has 1 atom stereocenters. The van der Waals surface area contributed by atoms with E-state index in [0.717, 1.165) is 17.8 Å². The zero-order chi connectivity index (χ0) is 13.4. The van der Waals surface area contributed by atoms with Crippen molar-refractivity contribution in [2.75, 3.05) is 0 Å². The maximum absolute atomic E-state index is 13.0. The zero-order valence-corrected chi connectivity index (χ0v) is 10.5. The van der Waals surface area contributed by atoms with Crippen molar-refractivity contribution in [3.8, 4) is 11.8 Å². The summed E-state index contributed by atoms with van der Waals surface area (Å²) in [7, 11) is 0. The summed E-state index contributed by atoms with van der Waals surface area (Å²) in [6.45, 7) is 2.64. The molecule has 19 heavy (non-hydrogen) atoms. The molecule has 0 saturated heterocycles. The van der Waals surface area contributed by atoms with Gasteiger partial charge in [0, 0.05) is 29.8 Å². The second-order valence-corrected chi connectivity index (χ2v) is 4.79. The Morgan fingerprint density at radius 2 is 2.05 bits per heavy atom. The first-order valence-corrected chi connectivity index (χ1v) is 6.15. The fourth-order valence-electron chi connectivity index (χ4n) is 2.28. The van der Waals surface area contributed by atoms with E-state index in [1.54, 1.807) is 18.2 Å². The van der Waals surface area contributed by atoms with Crippen LogP contribution in [0.2, 0.25) is 0 Å². The summed E-state index contributed by atoms with van der Waals surface area (Å²) in [5.41, 5.74) is 2.14. The summed E-state index contributed by atoms with van der Waals surface area (Å²) >= 11 is 0. The predicted molar refractivity (Wildman–Crippen MR) is 70.3 cm³/mol. The van der Waals surface area contributed by atoms with Crippen LogP contribution in [0.3, 0.4) is 0 Å². The Morgan fingerprint density at radius 1 is 1.26 bits per heavy atom. The zero-order valence-electron chi connectivity index (χ0n) is 10.5. The van der Waals surface area contributed by atoms with E-state index in [1.165, 1.54) is 12.1 Å². The van der Waals surface area contributed by atoms with E-state index in [9.17, 15) is 9.18 Å². The van der Waals surface area contributed by atoms with Gasteiger partial charge in [0.15, 0.2) is 5.78 Å². The van der Waals surface area contributed by atoms with Crippen molar-refractivity contribution in [2.24, 2.45) is 5.92 Å². The molecule has 2 nitrogen and oxygen atoms in total. The SMILES string of the molecule is CC1Cn2cc(C#Cc3cccc(F)c3)cc2C1=O. The minimum absolute atomic E-state index is 0.0558. The van der Waals surface area contributed by atoms with Crippen molar-refractivity contribution in [3.05, 3.63) is 59.2 Å². The monoisotopic (exact) mass is 253 g/mol. The van der Waals surface area contributed by atoms with Gasteiger partial charge in [-0.1, -0.05) is 24.8 Å². The molecular formula is C16H12FNO. The quantitative estimate of drug-likeness (QED) is 0.662. The predicted octanol–water partition coefficient (Wildman–Crippen LogP) is 2.86. The second-order valence-electron chi connectivity index (χ2n) is 4.79. The number of hydrogen-bond donors (Lipinski definition) is 0. The molecule has 0 N–H and O–H groups in total. The maximum Gasteiger partial charge on any atom is 0.183 e. The molecule has 1 aromatic carbocycles. The van der Waals surface area contributed by atoms with Gasteiger partial charge in [-0.3, -0.25) is 4.79 Å². The first kappa shape index (κ1) is 11.7. The third-order valence-electron chi connectivity index (χ3n) is 3.24. The molecule has 0 aliphatic carbocycles. The van der Waals surface area contributed by atoms with Crippen LogP contribution in [0.4, 0.5) is 4.39 Å². The number of fused-ring (bicyclic) bond motifs is 1. The second kappa shape index (κ2) is 4.40. The van der Waals surface area contributed by atoms with Crippen molar-refractivity contribution >= 4 is 5.78 Å². The van der Waals surface area contributed by atoms with Gasteiger partial charge < -0.3 is 4.57 Å². The minimum atomic E-state index is -0.296. The summed E-state index contributed by atoms with van der Waals surface area (Å²) in [4.78, 5) is 11.8. The molecule has 3 heteroatoms. The van der Waals surface area contributed by atoms with E-state index in [2.05, 4.69) is 11.8 Å². The molecule has 2 heterocycles. The van der Waals surface area contributed by atoms with Gasteiger partial charge >= 0.3 is 0 Å². The summed E-state index contributed by atoms with van der Waals surface area (Å²) in [6, 6.07) is 7.97. The lowest BCUT2D eigenvalue weighted by Gasteiger charge is -1.96. The molecule has 1 aliphatic rings. The van der Waals surface area contributed by atoms with Crippen molar-refractivity contribution < 1.29 is 9.18 Å². The van der Waals surface area contributed by atoms with Crippen LogP contribution < -0.4 is 0 Å². The van der Waals surface area contributed by atoms with Crippen LogP contribution in [0.15, 0.2) is 36.5 Å². The van der Waals surface area contributed by atoms with Crippen LogP contribution in [-0.2, 0) is 6.54 Å². The minimum Gasteiger partial charge on any atom is -0.343 e. The number of aromatic nitrogens is 1. The molecule has 2 aromatic rings. The van der Waals surface area contributed by atoms with Gasteiger partial charge in [0.25, 0.3) is 0 Å². The maximum atomic E-state index is 13.0. The molecule has 0 radical (unpaired) electrons. The first-order chi connectivity index (χ1) is 9.13. The molecular weight excluding hydrogens is 241 g/mol. The van der Waals surface area contributed by atoms with E-state index in [1.807, 2.05) is 17.7 Å². The topological polar surface area (TPSA) is 22.0 Å². The Morgan fingerprint density at radius 3 is 2.79 bits per heavy atom. The van der Waals surface area contributed by atoms with Crippen molar-refractivity contribution in [1.82, 2.24) is 4.57 Å². The van der Waals surface area contributed by atoms with Crippen LogP contribution in [-0.4, -0.2) is 10.4 Å². The van der Waals surface area contributed by atoms with Crippen LogP contribution in [0.5, 0.6) is 0 Å². The lowest BCUT2D eigenvalue weighted by molar-refractivity contribution is 0.0946. The van der Waals surface area contributed by atoms with Gasteiger partial charge in [0.1, 0.15) is 5.82 Å². The van der Waals surface area contributed by atoms with Gasteiger partial charge in [-0.25, -0.2) is 4.39 Å². The average molecular weight is 253 g/mol. The van der Waals surface area contributed by atoms with Gasteiger partial charge in [-0.15, -0.1) is 0 Å². The van der Waals surface area contributed by atoms with E-state index in [0.29, 0.717) is 5.56 Å². The molecule has 1 aliphatic heterocycles. The highest BCUT2D eigenvalue weighted by Crippen LogP contribution is 2.22. The van der Waals surface area contributed by atoms with Gasteiger partial charge in [0.05, 0.1) is 5.69 Å². The van der Waals surface area contributed by atoms with Crippen molar-refractivity contribution in [3.63, 3.8) is 0 Å². The number of carbonyl (C=O) groups excluding carboxylic acids is 1. The highest BCUT2D eigenvalue weighted by Gasteiger charge is 2.27. The van der Waals surface area contributed by atoms with E-state index in [4.69, 9.17) is 0 Å². The number of ketones is 1. The number of nitrogens with zero attached hydrogens (tertiary/aromatic N) is 1. The number of carbonyl (C=O) groups is 1. The Kier molecular flexibility index (Phi) is 2.72. The van der Waals surface area contributed by atoms with Crippen LogP contribution in [0.25, 0.3) is 0 Å². The smallest absolute Gasteiger partial charge is 0.183 e. The van der Waals surface area contributed by atoms with Crippen molar-refractivity contribution in [2.45, 2.75) is 13.5 Å². The Balaban J connectivity index is 1.89. The lowest BCUT2D eigenvalue weighted by atomic mass is 10.1. The molecule has 94 valence electrons.